The lowest BCUT2D eigenvalue weighted by Gasteiger charge is -2.22. The van der Waals surface area contributed by atoms with Crippen LogP contribution in [0.1, 0.15) is 11.1 Å². The summed E-state index contributed by atoms with van der Waals surface area (Å²) in [5.74, 6) is 0.570. The third-order valence-electron chi connectivity index (χ3n) is 3.38. The zero-order valence-electron chi connectivity index (χ0n) is 12.7. The van der Waals surface area contributed by atoms with Crippen molar-refractivity contribution in [1.29, 1.82) is 0 Å². The van der Waals surface area contributed by atoms with Gasteiger partial charge in [-0.25, -0.2) is 0 Å². The number of amides is 1. The molecule has 0 aromatic heterocycles. The van der Waals surface area contributed by atoms with E-state index in [1.165, 1.54) is 0 Å². The predicted molar refractivity (Wildman–Crippen MR) is 85.6 cm³/mol. The quantitative estimate of drug-likeness (QED) is 0.854. The van der Waals surface area contributed by atoms with Crippen molar-refractivity contribution in [2.45, 2.75) is 13.5 Å². The summed E-state index contributed by atoms with van der Waals surface area (Å²) in [6.07, 6.45) is 0. The number of aliphatic hydroxyl groups is 1. The Morgan fingerprint density at radius 2 is 1.77 bits per heavy atom. The number of para-hydroxylation sites is 1. The van der Waals surface area contributed by atoms with Gasteiger partial charge in [-0.1, -0.05) is 48.5 Å². The molecule has 2 aromatic rings. The molecular weight excluding hydrogens is 278 g/mol. The molecule has 0 atom stereocenters. The maximum Gasteiger partial charge on any atom is 0.260 e. The summed E-state index contributed by atoms with van der Waals surface area (Å²) in [5.41, 5.74) is 2.02. The average molecular weight is 299 g/mol. The largest absolute Gasteiger partial charge is 0.484 e. The van der Waals surface area contributed by atoms with Crippen LogP contribution in [0.5, 0.6) is 5.75 Å². The summed E-state index contributed by atoms with van der Waals surface area (Å²) in [6.45, 7) is 2.61. The van der Waals surface area contributed by atoms with Crippen molar-refractivity contribution in [2.75, 3.05) is 19.8 Å². The van der Waals surface area contributed by atoms with Gasteiger partial charge in [-0.3, -0.25) is 4.79 Å². The van der Waals surface area contributed by atoms with E-state index in [0.717, 1.165) is 11.1 Å². The minimum atomic E-state index is -0.138. The van der Waals surface area contributed by atoms with Crippen LogP contribution in [0.25, 0.3) is 0 Å². The van der Waals surface area contributed by atoms with E-state index in [4.69, 9.17) is 9.84 Å². The second kappa shape index (κ2) is 8.20. The van der Waals surface area contributed by atoms with E-state index in [9.17, 15) is 4.79 Å². The first-order valence-corrected chi connectivity index (χ1v) is 7.31. The molecule has 0 saturated heterocycles. The maximum atomic E-state index is 12.3. The Hall–Kier alpha value is -2.33. The minimum Gasteiger partial charge on any atom is -0.484 e. The molecule has 2 rings (SSSR count). The second-order valence-electron chi connectivity index (χ2n) is 5.08. The number of rotatable bonds is 7. The van der Waals surface area contributed by atoms with Crippen LogP contribution in [0.4, 0.5) is 0 Å². The topological polar surface area (TPSA) is 49.8 Å². The molecule has 0 spiro atoms. The zero-order chi connectivity index (χ0) is 15.8. The fourth-order valence-corrected chi connectivity index (χ4v) is 2.17. The van der Waals surface area contributed by atoms with Crippen molar-refractivity contribution in [1.82, 2.24) is 4.90 Å². The van der Waals surface area contributed by atoms with Crippen molar-refractivity contribution in [3.8, 4) is 5.75 Å². The first-order chi connectivity index (χ1) is 10.7. The van der Waals surface area contributed by atoms with Crippen LogP contribution in [0.15, 0.2) is 54.6 Å². The number of nitrogens with zero attached hydrogens (tertiary/aromatic N) is 1. The van der Waals surface area contributed by atoms with Crippen molar-refractivity contribution >= 4 is 5.91 Å². The lowest BCUT2D eigenvalue weighted by molar-refractivity contribution is -0.134. The number of carbonyl (C=O) groups is 1. The molecule has 0 heterocycles. The van der Waals surface area contributed by atoms with Crippen LogP contribution < -0.4 is 4.74 Å². The number of aryl methyl sites for hydroxylation is 1. The Morgan fingerprint density at radius 3 is 2.45 bits per heavy atom. The Balaban J connectivity index is 1.96. The summed E-state index contributed by atoms with van der Waals surface area (Å²) in [7, 11) is 0. The fraction of sp³-hybridized carbons (Fsp3) is 0.278. The number of benzene rings is 2. The van der Waals surface area contributed by atoms with Crippen molar-refractivity contribution in [3.05, 3.63) is 65.7 Å². The number of aliphatic hydroxyl groups excluding tert-OH is 1. The van der Waals surface area contributed by atoms with E-state index >= 15 is 0 Å². The molecule has 0 aliphatic heterocycles. The lowest BCUT2D eigenvalue weighted by Crippen LogP contribution is -2.36. The molecule has 0 aliphatic carbocycles. The number of hydrogen-bond acceptors (Lipinski definition) is 3. The molecule has 0 saturated carbocycles. The van der Waals surface area contributed by atoms with Gasteiger partial charge in [-0.15, -0.1) is 0 Å². The van der Waals surface area contributed by atoms with Gasteiger partial charge in [0.2, 0.25) is 0 Å². The average Bonchev–Trinajstić information content (AvgIpc) is 2.54. The zero-order valence-corrected chi connectivity index (χ0v) is 12.7. The highest BCUT2D eigenvalue weighted by Crippen LogP contribution is 2.16. The Kier molecular flexibility index (Phi) is 5.98. The predicted octanol–water partition coefficient (Wildman–Crippen LogP) is 2.39. The van der Waals surface area contributed by atoms with E-state index in [2.05, 4.69) is 0 Å². The normalized spacial score (nSPS) is 10.3. The van der Waals surface area contributed by atoms with Gasteiger partial charge >= 0.3 is 0 Å². The van der Waals surface area contributed by atoms with E-state index in [0.29, 0.717) is 18.8 Å². The van der Waals surface area contributed by atoms with Gasteiger partial charge in [0, 0.05) is 13.1 Å². The molecule has 116 valence electrons. The van der Waals surface area contributed by atoms with E-state index in [-0.39, 0.29) is 19.1 Å². The molecule has 22 heavy (non-hydrogen) atoms. The Labute approximate surface area is 131 Å². The second-order valence-corrected chi connectivity index (χ2v) is 5.08. The highest BCUT2D eigenvalue weighted by molar-refractivity contribution is 5.77. The van der Waals surface area contributed by atoms with Crippen molar-refractivity contribution in [2.24, 2.45) is 0 Å². The van der Waals surface area contributed by atoms with Crippen molar-refractivity contribution in [3.63, 3.8) is 0 Å². The fourth-order valence-electron chi connectivity index (χ4n) is 2.17. The van der Waals surface area contributed by atoms with E-state index in [1.54, 1.807) is 4.90 Å². The van der Waals surface area contributed by atoms with Gasteiger partial charge in [0.1, 0.15) is 5.75 Å². The van der Waals surface area contributed by atoms with Crippen LogP contribution in [0.3, 0.4) is 0 Å². The minimum absolute atomic E-state index is 0.0301. The van der Waals surface area contributed by atoms with Crippen LogP contribution >= 0.6 is 0 Å². The van der Waals surface area contributed by atoms with Gasteiger partial charge in [0.15, 0.2) is 6.61 Å². The third-order valence-corrected chi connectivity index (χ3v) is 3.38. The number of carbonyl (C=O) groups excluding carboxylic acids is 1. The number of ether oxygens (including phenoxy) is 1. The molecule has 0 unspecified atom stereocenters. The molecule has 1 N–H and O–H groups in total. The molecule has 2 aromatic carbocycles. The highest BCUT2D eigenvalue weighted by Gasteiger charge is 2.14. The van der Waals surface area contributed by atoms with Gasteiger partial charge in [-0.05, 0) is 24.1 Å². The SMILES string of the molecule is Cc1ccccc1OCC(=O)N(CCO)Cc1ccccc1. The summed E-state index contributed by atoms with van der Waals surface area (Å²) in [4.78, 5) is 13.9. The molecule has 4 nitrogen and oxygen atoms in total. The first kappa shape index (κ1) is 16.0. The summed E-state index contributed by atoms with van der Waals surface area (Å²) < 4.78 is 5.59. The molecule has 0 fully saturated rings. The van der Waals surface area contributed by atoms with Gasteiger partial charge < -0.3 is 14.7 Å². The van der Waals surface area contributed by atoms with Crippen LogP contribution in [0.2, 0.25) is 0 Å². The van der Waals surface area contributed by atoms with Crippen LogP contribution in [-0.2, 0) is 11.3 Å². The molecule has 4 heteroatoms. The van der Waals surface area contributed by atoms with Gasteiger partial charge in [0.05, 0.1) is 6.61 Å². The van der Waals surface area contributed by atoms with Crippen molar-refractivity contribution < 1.29 is 14.6 Å². The molecule has 0 bridgehead atoms. The number of hydrogen-bond donors (Lipinski definition) is 1. The Morgan fingerprint density at radius 1 is 1.09 bits per heavy atom. The van der Waals surface area contributed by atoms with Crippen LogP contribution in [-0.4, -0.2) is 35.7 Å². The smallest absolute Gasteiger partial charge is 0.260 e. The van der Waals surface area contributed by atoms with Gasteiger partial charge in [0.25, 0.3) is 5.91 Å². The standard InChI is InChI=1S/C18H21NO3/c1-15-7-5-6-10-17(15)22-14-18(21)19(11-12-20)13-16-8-3-2-4-9-16/h2-10,20H,11-14H2,1H3. The molecular formula is C18H21NO3. The summed E-state index contributed by atoms with van der Waals surface area (Å²) >= 11 is 0. The first-order valence-electron chi connectivity index (χ1n) is 7.31. The molecule has 0 radical (unpaired) electrons. The van der Waals surface area contributed by atoms with Crippen LogP contribution in [0, 0.1) is 6.92 Å². The highest BCUT2D eigenvalue weighted by atomic mass is 16.5. The molecule has 0 aliphatic rings. The maximum absolute atomic E-state index is 12.3. The Bertz CT molecular complexity index is 598. The molecule has 1 amide bonds. The van der Waals surface area contributed by atoms with Gasteiger partial charge in [-0.2, -0.15) is 0 Å². The van der Waals surface area contributed by atoms with E-state index in [1.807, 2.05) is 61.5 Å². The third kappa shape index (κ3) is 4.60. The summed E-state index contributed by atoms with van der Waals surface area (Å²) in [5, 5.41) is 9.16. The summed E-state index contributed by atoms with van der Waals surface area (Å²) in [6, 6.07) is 17.3. The monoisotopic (exact) mass is 299 g/mol. The van der Waals surface area contributed by atoms with E-state index < -0.39 is 0 Å². The lowest BCUT2D eigenvalue weighted by atomic mass is 10.2.